The summed E-state index contributed by atoms with van der Waals surface area (Å²) in [6.07, 6.45) is 2.56. The third-order valence-corrected chi connectivity index (χ3v) is 4.31. The number of anilines is 1. The van der Waals surface area contributed by atoms with Gasteiger partial charge in [-0.15, -0.1) is 0 Å². The minimum atomic E-state index is -0.537. The summed E-state index contributed by atoms with van der Waals surface area (Å²) in [7, 11) is 1.72. The summed E-state index contributed by atoms with van der Waals surface area (Å²) in [4.78, 5) is 28.4. The fourth-order valence-corrected chi connectivity index (χ4v) is 3.09. The van der Waals surface area contributed by atoms with Crippen molar-refractivity contribution in [3.05, 3.63) is 35.3 Å². The molecule has 0 aliphatic carbocycles. The van der Waals surface area contributed by atoms with Crippen LogP contribution in [0.15, 0.2) is 18.3 Å². The van der Waals surface area contributed by atoms with E-state index in [0.29, 0.717) is 55.2 Å². The zero-order valence-corrected chi connectivity index (χ0v) is 14.2. The number of imide groups is 1. The van der Waals surface area contributed by atoms with Crippen molar-refractivity contribution in [3.63, 3.8) is 0 Å². The quantitative estimate of drug-likeness (QED) is 0.812. The average molecular weight is 345 g/mol. The maximum absolute atomic E-state index is 14.8. The smallest absolute Gasteiger partial charge is 0.314 e. The van der Waals surface area contributed by atoms with Crippen LogP contribution in [0, 0.1) is 5.82 Å². The minimum absolute atomic E-state index is 0.290. The third kappa shape index (κ3) is 3.00. The van der Waals surface area contributed by atoms with Crippen LogP contribution in [-0.2, 0) is 24.9 Å². The molecule has 25 heavy (non-hydrogen) atoms. The molecular weight excluding hydrogens is 325 g/mol. The highest BCUT2D eigenvalue weighted by atomic mass is 19.1. The molecule has 7 nitrogen and oxygen atoms in total. The van der Waals surface area contributed by atoms with Gasteiger partial charge in [-0.25, -0.2) is 14.2 Å². The molecule has 2 aromatic rings. The van der Waals surface area contributed by atoms with Crippen LogP contribution in [0.5, 0.6) is 0 Å². The lowest BCUT2D eigenvalue weighted by atomic mass is 10.0. The first-order valence-electron chi connectivity index (χ1n) is 8.13. The van der Waals surface area contributed by atoms with Crippen molar-refractivity contribution in [2.75, 3.05) is 11.4 Å². The molecule has 1 aromatic carbocycles. The first-order chi connectivity index (χ1) is 12.1. The predicted molar refractivity (Wildman–Crippen MR) is 91.4 cm³/mol. The van der Waals surface area contributed by atoms with Crippen LogP contribution < -0.4 is 15.5 Å². The van der Waals surface area contributed by atoms with Gasteiger partial charge >= 0.3 is 6.03 Å². The first kappa shape index (κ1) is 17.1. The number of imidazole rings is 1. The molecule has 1 aliphatic rings. The van der Waals surface area contributed by atoms with E-state index < -0.39 is 6.03 Å². The second-order valence-electron chi connectivity index (χ2n) is 5.89. The van der Waals surface area contributed by atoms with Gasteiger partial charge in [-0.1, -0.05) is 13.0 Å². The number of rotatable bonds is 5. The molecule has 8 heteroatoms. The molecule has 0 spiro atoms. The summed E-state index contributed by atoms with van der Waals surface area (Å²) in [5.74, 6) is 0.638. The van der Waals surface area contributed by atoms with Gasteiger partial charge in [-0.05, 0) is 18.1 Å². The summed E-state index contributed by atoms with van der Waals surface area (Å²) >= 11 is 0. The molecule has 2 heterocycles. The van der Waals surface area contributed by atoms with Crippen LogP contribution in [0.1, 0.15) is 24.5 Å². The summed E-state index contributed by atoms with van der Waals surface area (Å²) in [6, 6.07) is 3.07. The van der Waals surface area contributed by atoms with E-state index in [-0.39, 0.29) is 5.82 Å². The number of nitrogens with zero attached hydrogens (tertiary/aromatic N) is 3. The van der Waals surface area contributed by atoms with E-state index in [2.05, 4.69) is 15.6 Å². The van der Waals surface area contributed by atoms with E-state index in [9.17, 15) is 14.0 Å². The molecule has 0 atom stereocenters. The molecule has 2 N–H and O–H groups in total. The molecule has 0 fully saturated rings. The van der Waals surface area contributed by atoms with Crippen LogP contribution in [0.4, 0.5) is 15.0 Å². The Balaban J connectivity index is 2.01. The first-order valence-corrected chi connectivity index (χ1v) is 8.13. The Bertz CT molecular complexity index is 818. The molecule has 1 aromatic heterocycles. The number of nitrogens with one attached hydrogen (secondary N) is 2. The number of amides is 3. The van der Waals surface area contributed by atoms with Crippen molar-refractivity contribution in [2.45, 2.75) is 26.4 Å². The Labute approximate surface area is 144 Å². The maximum atomic E-state index is 14.8. The molecule has 0 unspecified atom stereocenters. The number of hydrogen-bond donors (Lipinski definition) is 2. The number of benzene rings is 1. The van der Waals surface area contributed by atoms with Crippen LogP contribution in [0.25, 0.3) is 11.4 Å². The monoisotopic (exact) mass is 345 g/mol. The summed E-state index contributed by atoms with van der Waals surface area (Å²) in [5, 5.41) is 5.26. The topological polar surface area (TPSA) is 79.3 Å². The molecule has 132 valence electrons. The van der Waals surface area contributed by atoms with Gasteiger partial charge in [0.25, 0.3) is 0 Å². The van der Waals surface area contributed by atoms with Crippen molar-refractivity contribution in [1.29, 1.82) is 0 Å². The lowest BCUT2D eigenvalue weighted by Crippen LogP contribution is -2.40. The molecule has 1 aliphatic heterocycles. The molecule has 0 saturated carbocycles. The second kappa shape index (κ2) is 7.02. The second-order valence-corrected chi connectivity index (χ2v) is 5.89. The number of halogens is 1. The molecule has 0 radical (unpaired) electrons. The van der Waals surface area contributed by atoms with Crippen molar-refractivity contribution < 1.29 is 14.0 Å². The van der Waals surface area contributed by atoms with Crippen molar-refractivity contribution in [3.8, 4) is 11.4 Å². The molecule has 0 saturated heterocycles. The Morgan fingerprint density at radius 2 is 2.28 bits per heavy atom. The number of urea groups is 1. The van der Waals surface area contributed by atoms with Gasteiger partial charge in [0.15, 0.2) is 0 Å². The van der Waals surface area contributed by atoms with Crippen molar-refractivity contribution in [2.24, 2.45) is 7.05 Å². The van der Waals surface area contributed by atoms with Gasteiger partial charge in [0.05, 0.1) is 11.8 Å². The van der Waals surface area contributed by atoms with Crippen molar-refractivity contribution in [1.82, 2.24) is 20.2 Å². The van der Waals surface area contributed by atoms with Gasteiger partial charge in [0.2, 0.25) is 6.41 Å². The zero-order valence-electron chi connectivity index (χ0n) is 14.2. The van der Waals surface area contributed by atoms with E-state index in [1.165, 1.54) is 11.1 Å². The van der Waals surface area contributed by atoms with Crippen LogP contribution in [0.2, 0.25) is 0 Å². The number of fused-ring (bicyclic) bond motifs is 1. The fraction of sp³-hybridized carbons (Fsp3) is 0.353. The van der Waals surface area contributed by atoms with E-state index >= 15 is 0 Å². The van der Waals surface area contributed by atoms with Crippen LogP contribution in [0.3, 0.4) is 0 Å². The largest absolute Gasteiger partial charge is 0.329 e. The minimum Gasteiger partial charge on any atom is -0.314 e. The van der Waals surface area contributed by atoms with Gasteiger partial charge < -0.3 is 9.88 Å². The molecular formula is C17H20FN5O2. The van der Waals surface area contributed by atoms with Gasteiger partial charge in [0, 0.05) is 32.2 Å². The highest BCUT2D eigenvalue weighted by Crippen LogP contribution is 2.30. The SMILES string of the molecule is CCCN(C(=O)NC=O)c1cnc(-c2ccc3c(c2F)CNC3)n1C. The standard InChI is InChI=1S/C17H20FN5O2/c1-3-6-23(17(25)21-10-24)14-9-20-16(22(14)2)12-5-4-11-7-19-8-13(11)15(12)18/h4-5,9-10,19H,3,6-8H2,1-2H3,(H,21,24,25). The summed E-state index contributed by atoms with van der Waals surface area (Å²) in [5.41, 5.74) is 2.00. The van der Waals surface area contributed by atoms with Crippen molar-refractivity contribution >= 4 is 18.3 Å². The number of carbonyl (C=O) groups is 2. The van der Waals surface area contributed by atoms with E-state index in [1.807, 2.05) is 13.0 Å². The highest BCUT2D eigenvalue weighted by molar-refractivity contribution is 5.97. The predicted octanol–water partition coefficient (Wildman–Crippen LogP) is 1.91. The Morgan fingerprint density at radius 1 is 1.48 bits per heavy atom. The number of carbonyl (C=O) groups excluding carboxylic acids is 2. The maximum Gasteiger partial charge on any atom is 0.329 e. The van der Waals surface area contributed by atoms with E-state index in [0.717, 1.165) is 5.56 Å². The van der Waals surface area contributed by atoms with E-state index in [1.54, 1.807) is 17.7 Å². The normalized spacial score (nSPS) is 12.8. The zero-order chi connectivity index (χ0) is 18.0. The van der Waals surface area contributed by atoms with Crippen LogP contribution >= 0.6 is 0 Å². The van der Waals surface area contributed by atoms with Gasteiger partial charge in [-0.2, -0.15) is 0 Å². The number of aromatic nitrogens is 2. The Morgan fingerprint density at radius 3 is 3.00 bits per heavy atom. The Kier molecular flexibility index (Phi) is 4.80. The third-order valence-electron chi connectivity index (χ3n) is 4.31. The fourth-order valence-electron chi connectivity index (χ4n) is 3.09. The lowest BCUT2D eigenvalue weighted by molar-refractivity contribution is -0.108. The molecule has 3 rings (SSSR count). The summed E-state index contributed by atoms with van der Waals surface area (Å²) < 4.78 is 16.5. The van der Waals surface area contributed by atoms with Gasteiger partial charge in [-0.3, -0.25) is 15.0 Å². The molecule has 0 bridgehead atoms. The number of hydrogen-bond acceptors (Lipinski definition) is 4. The van der Waals surface area contributed by atoms with E-state index in [4.69, 9.17) is 0 Å². The van der Waals surface area contributed by atoms with Crippen LogP contribution in [-0.4, -0.2) is 28.5 Å². The lowest BCUT2D eigenvalue weighted by Gasteiger charge is -2.21. The van der Waals surface area contributed by atoms with Gasteiger partial charge in [0.1, 0.15) is 17.5 Å². The highest BCUT2D eigenvalue weighted by Gasteiger charge is 2.24. The average Bonchev–Trinajstić information content (AvgIpc) is 3.21. The molecule has 3 amide bonds. The Hall–Kier alpha value is -2.74. The summed E-state index contributed by atoms with van der Waals surface area (Å²) in [6.45, 7) is 3.49.